The van der Waals surface area contributed by atoms with Crippen LogP contribution in [0, 0.1) is 13.8 Å². The molecule has 2 heteroatoms. The van der Waals surface area contributed by atoms with E-state index in [4.69, 9.17) is 0 Å². The summed E-state index contributed by atoms with van der Waals surface area (Å²) in [6.07, 6.45) is 4.47. The lowest BCUT2D eigenvalue weighted by Gasteiger charge is -2.27. The Kier molecular flexibility index (Phi) is 9.32. The van der Waals surface area contributed by atoms with Crippen molar-refractivity contribution in [1.82, 2.24) is 0 Å². The van der Waals surface area contributed by atoms with Crippen LogP contribution in [0.25, 0.3) is 66.0 Å². The molecule has 11 aromatic carbocycles. The normalized spacial score (nSPS) is 11.6. The molecule has 0 radical (unpaired) electrons. The Morgan fingerprint density at radius 2 is 0.597 bits per heavy atom. The van der Waals surface area contributed by atoms with Gasteiger partial charge in [-0.1, -0.05) is 152 Å². The first kappa shape index (κ1) is 37.1. The van der Waals surface area contributed by atoms with Crippen molar-refractivity contribution < 1.29 is 0 Å². The number of hydrogen-bond acceptors (Lipinski definition) is 2. The Hall–Kier alpha value is -7.94. The third kappa shape index (κ3) is 7.02. The van der Waals surface area contributed by atoms with E-state index in [0.29, 0.717) is 0 Å². The highest BCUT2D eigenvalue weighted by molar-refractivity contribution is 5.98. The van der Waals surface area contributed by atoms with Gasteiger partial charge in [0.15, 0.2) is 0 Å². The summed E-state index contributed by atoms with van der Waals surface area (Å²) in [4.78, 5) is 4.76. The summed E-state index contributed by atoms with van der Waals surface area (Å²) < 4.78 is 0. The highest BCUT2D eigenvalue weighted by Crippen LogP contribution is 2.41. The first-order chi connectivity index (χ1) is 30.5. The highest BCUT2D eigenvalue weighted by Gasteiger charge is 2.17. The molecule has 62 heavy (non-hydrogen) atoms. The van der Waals surface area contributed by atoms with Gasteiger partial charge in [-0.3, -0.25) is 0 Å². The maximum Gasteiger partial charge on any atom is 0.0470 e. The summed E-state index contributed by atoms with van der Waals surface area (Å²) in [5, 5.41) is 12.4. The second kappa shape index (κ2) is 15.6. The summed E-state index contributed by atoms with van der Waals surface area (Å²) in [5.41, 5.74) is 11.6. The molecule has 0 bridgehead atoms. The largest absolute Gasteiger partial charge is 0.310 e. The first-order valence-electron chi connectivity index (χ1n) is 21.4. The zero-order valence-corrected chi connectivity index (χ0v) is 34.8. The molecule has 0 aliphatic rings. The molecule has 0 saturated heterocycles. The van der Waals surface area contributed by atoms with Crippen molar-refractivity contribution in [2.75, 3.05) is 9.80 Å². The monoisotopic (exact) mass is 792 g/mol. The number of hydrogen-bond donors (Lipinski definition) is 0. The second-order valence-corrected chi connectivity index (χ2v) is 16.4. The zero-order valence-electron chi connectivity index (χ0n) is 34.8. The molecule has 0 atom stereocenters. The van der Waals surface area contributed by atoms with Crippen molar-refractivity contribution in [3.05, 3.63) is 241 Å². The molecule has 0 N–H and O–H groups in total. The lowest BCUT2D eigenvalue weighted by atomic mass is 9.96. The maximum absolute atomic E-state index is 2.41. The second-order valence-electron chi connectivity index (χ2n) is 16.4. The number of anilines is 6. The van der Waals surface area contributed by atoms with Gasteiger partial charge in [0.05, 0.1) is 0 Å². The topological polar surface area (TPSA) is 6.48 Å². The first-order valence-corrected chi connectivity index (χ1v) is 21.4. The van der Waals surface area contributed by atoms with Crippen LogP contribution in [-0.4, -0.2) is 0 Å². The van der Waals surface area contributed by atoms with Crippen LogP contribution < -0.4 is 9.80 Å². The summed E-state index contributed by atoms with van der Waals surface area (Å²) >= 11 is 0. The minimum Gasteiger partial charge on any atom is -0.310 e. The van der Waals surface area contributed by atoms with Gasteiger partial charge in [-0.05, 0) is 169 Å². The predicted octanol–water partition coefficient (Wildman–Crippen LogP) is 17.2. The van der Waals surface area contributed by atoms with Crippen molar-refractivity contribution in [1.29, 1.82) is 0 Å². The lowest BCUT2D eigenvalue weighted by molar-refractivity contribution is 1.29. The van der Waals surface area contributed by atoms with Crippen LogP contribution in [0.1, 0.15) is 22.3 Å². The molecule has 0 saturated carbocycles. The zero-order chi connectivity index (χ0) is 41.6. The van der Waals surface area contributed by atoms with Crippen LogP contribution >= 0.6 is 0 Å². The summed E-state index contributed by atoms with van der Waals surface area (Å²) in [6.45, 7) is 4.48. The SMILES string of the molecule is Cc1cc(N(c2ccc3ccccc3c2)c2ccc3ccccc3c2)cc2c(C)cc(/C=C/c3ccc(N(c4ccc5ccccc5c4)c4ccc5ccccc5c4)cc3)cc12. The Morgan fingerprint density at radius 3 is 1.03 bits per heavy atom. The molecule has 0 aromatic heterocycles. The van der Waals surface area contributed by atoms with Crippen molar-refractivity contribution >= 4 is 100 Å². The predicted molar refractivity (Wildman–Crippen MR) is 268 cm³/mol. The Bertz CT molecular complexity index is 3350. The Balaban J connectivity index is 0.930. The van der Waals surface area contributed by atoms with E-state index in [1.54, 1.807) is 0 Å². The Morgan fingerprint density at radius 1 is 0.258 bits per heavy atom. The van der Waals surface area contributed by atoms with Crippen LogP contribution in [0.2, 0.25) is 0 Å². The van der Waals surface area contributed by atoms with E-state index in [1.165, 1.54) is 70.6 Å². The average molecular weight is 793 g/mol. The molecule has 0 aliphatic heterocycles. The number of aryl methyl sites for hydroxylation is 2. The fourth-order valence-corrected chi connectivity index (χ4v) is 9.14. The van der Waals surface area contributed by atoms with E-state index in [-0.39, 0.29) is 0 Å². The smallest absolute Gasteiger partial charge is 0.0470 e. The molecule has 11 rings (SSSR count). The van der Waals surface area contributed by atoms with Gasteiger partial charge < -0.3 is 9.80 Å². The van der Waals surface area contributed by atoms with Crippen LogP contribution in [0.4, 0.5) is 34.1 Å². The highest BCUT2D eigenvalue weighted by atomic mass is 15.1. The van der Waals surface area contributed by atoms with Gasteiger partial charge in [-0.25, -0.2) is 0 Å². The third-order valence-corrected chi connectivity index (χ3v) is 12.3. The van der Waals surface area contributed by atoms with Crippen molar-refractivity contribution in [2.24, 2.45) is 0 Å². The van der Waals surface area contributed by atoms with Crippen molar-refractivity contribution in [3.63, 3.8) is 0 Å². The minimum absolute atomic E-state index is 1.11. The molecule has 0 heterocycles. The van der Waals surface area contributed by atoms with E-state index in [1.807, 2.05) is 0 Å². The molecule has 11 aromatic rings. The van der Waals surface area contributed by atoms with Crippen LogP contribution in [0.15, 0.2) is 218 Å². The van der Waals surface area contributed by atoms with Gasteiger partial charge >= 0.3 is 0 Å². The number of fused-ring (bicyclic) bond motifs is 5. The van der Waals surface area contributed by atoms with Crippen LogP contribution in [-0.2, 0) is 0 Å². The number of nitrogens with zero attached hydrogens (tertiary/aromatic N) is 2. The summed E-state index contributed by atoms with van der Waals surface area (Å²) in [7, 11) is 0. The van der Waals surface area contributed by atoms with Crippen LogP contribution in [0.5, 0.6) is 0 Å². The van der Waals surface area contributed by atoms with Gasteiger partial charge in [0.2, 0.25) is 0 Å². The van der Waals surface area contributed by atoms with Crippen molar-refractivity contribution in [3.8, 4) is 0 Å². The van der Waals surface area contributed by atoms with E-state index in [9.17, 15) is 0 Å². The van der Waals surface area contributed by atoms with E-state index in [0.717, 1.165) is 39.7 Å². The van der Waals surface area contributed by atoms with Gasteiger partial charge in [0.25, 0.3) is 0 Å². The molecule has 0 spiro atoms. The molecule has 0 aliphatic carbocycles. The number of benzene rings is 11. The standard InChI is InChI=1S/C60H44N2/c1-41-33-44(20-19-43-21-27-53(28-22-43)61(54-29-23-45-11-3-7-15-49(45)36-54)55-30-24-46-12-4-8-16-50(46)37-55)35-59-42(2)34-58(40-60(41)59)62(56-31-25-47-13-5-9-17-51(47)38-56)57-32-26-48-14-6-10-18-52(48)39-57/h3-40H,1-2H3/b20-19+. The van der Waals surface area contributed by atoms with E-state index >= 15 is 0 Å². The van der Waals surface area contributed by atoms with Gasteiger partial charge in [0.1, 0.15) is 0 Å². The molecule has 294 valence electrons. The van der Waals surface area contributed by atoms with E-state index in [2.05, 4.69) is 254 Å². The maximum atomic E-state index is 2.41. The molecule has 0 fully saturated rings. The summed E-state index contributed by atoms with van der Waals surface area (Å²) in [5.74, 6) is 0. The third-order valence-electron chi connectivity index (χ3n) is 12.3. The molecular formula is C60H44N2. The molecular weight excluding hydrogens is 749 g/mol. The van der Waals surface area contributed by atoms with Gasteiger partial charge in [-0.15, -0.1) is 0 Å². The average Bonchev–Trinajstić information content (AvgIpc) is 3.31. The molecule has 0 unspecified atom stereocenters. The molecule has 2 nitrogen and oxygen atoms in total. The quantitative estimate of drug-likeness (QED) is 0.141. The fraction of sp³-hybridized carbons (Fsp3) is 0.0333. The van der Waals surface area contributed by atoms with Gasteiger partial charge in [-0.2, -0.15) is 0 Å². The number of rotatable bonds is 8. The van der Waals surface area contributed by atoms with E-state index < -0.39 is 0 Å². The van der Waals surface area contributed by atoms with Crippen molar-refractivity contribution in [2.45, 2.75) is 13.8 Å². The summed E-state index contributed by atoms with van der Waals surface area (Å²) in [6, 6.07) is 79.6. The fourth-order valence-electron chi connectivity index (χ4n) is 9.14. The van der Waals surface area contributed by atoms with Gasteiger partial charge in [0, 0.05) is 34.1 Å². The minimum atomic E-state index is 1.11. The Labute approximate surface area is 362 Å². The van der Waals surface area contributed by atoms with Crippen LogP contribution in [0.3, 0.4) is 0 Å². The molecule has 0 amide bonds. The lowest BCUT2D eigenvalue weighted by Crippen LogP contribution is -2.10.